The van der Waals surface area contributed by atoms with Crippen LogP contribution in [0.1, 0.15) is 53.4 Å². The van der Waals surface area contributed by atoms with Crippen LogP contribution < -0.4 is 5.32 Å². The SMILES string of the molecule is CCCCC(CC(=O)OCC)NC(C)C. The highest BCUT2D eigenvalue weighted by molar-refractivity contribution is 5.70. The van der Waals surface area contributed by atoms with Gasteiger partial charge < -0.3 is 10.1 Å². The van der Waals surface area contributed by atoms with Crippen LogP contribution in [-0.4, -0.2) is 24.7 Å². The normalized spacial score (nSPS) is 12.9. The molecule has 90 valence electrons. The van der Waals surface area contributed by atoms with E-state index in [9.17, 15) is 4.79 Å². The molecule has 0 aliphatic carbocycles. The Kier molecular flexibility index (Phi) is 8.38. The summed E-state index contributed by atoms with van der Waals surface area (Å²) in [5, 5.41) is 3.40. The first kappa shape index (κ1) is 14.4. The lowest BCUT2D eigenvalue weighted by molar-refractivity contribution is -0.143. The Morgan fingerprint density at radius 1 is 1.33 bits per heavy atom. The van der Waals surface area contributed by atoms with Gasteiger partial charge in [-0.3, -0.25) is 4.79 Å². The molecule has 0 aromatic rings. The van der Waals surface area contributed by atoms with Crippen LogP contribution in [0, 0.1) is 0 Å². The molecule has 0 spiro atoms. The standard InChI is InChI=1S/C12H25NO2/c1-5-7-8-11(13-10(3)4)9-12(14)15-6-2/h10-11,13H,5-9H2,1-4H3. The molecular formula is C12H25NO2. The van der Waals surface area contributed by atoms with Gasteiger partial charge in [0.05, 0.1) is 13.0 Å². The zero-order valence-electron chi connectivity index (χ0n) is 10.5. The van der Waals surface area contributed by atoms with E-state index in [-0.39, 0.29) is 12.0 Å². The summed E-state index contributed by atoms with van der Waals surface area (Å²) in [6, 6.07) is 0.685. The molecule has 0 amide bonds. The van der Waals surface area contributed by atoms with E-state index >= 15 is 0 Å². The minimum absolute atomic E-state index is 0.0910. The van der Waals surface area contributed by atoms with E-state index in [1.54, 1.807) is 0 Å². The summed E-state index contributed by atoms with van der Waals surface area (Å²) in [6.07, 6.45) is 3.86. The van der Waals surface area contributed by atoms with Crippen LogP contribution in [0.25, 0.3) is 0 Å². The maximum Gasteiger partial charge on any atom is 0.307 e. The van der Waals surface area contributed by atoms with Gasteiger partial charge in [-0.05, 0) is 13.3 Å². The molecule has 1 N–H and O–H groups in total. The molecule has 0 aliphatic rings. The van der Waals surface area contributed by atoms with Crippen molar-refractivity contribution in [1.29, 1.82) is 0 Å². The lowest BCUT2D eigenvalue weighted by Crippen LogP contribution is -2.36. The van der Waals surface area contributed by atoms with Crippen molar-refractivity contribution in [2.75, 3.05) is 6.61 Å². The highest BCUT2D eigenvalue weighted by Gasteiger charge is 2.14. The zero-order valence-corrected chi connectivity index (χ0v) is 10.5. The summed E-state index contributed by atoms with van der Waals surface area (Å²) >= 11 is 0. The Balaban J connectivity index is 3.93. The van der Waals surface area contributed by atoms with Gasteiger partial charge in [0.1, 0.15) is 0 Å². The van der Waals surface area contributed by atoms with Crippen LogP contribution in [0.3, 0.4) is 0 Å². The molecule has 1 unspecified atom stereocenters. The lowest BCUT2D eigenvalue weighted by Gasteiger charge is -2.20. The molecule has 0 bridgehead atoms. The van der Waals surface area contributed by atoms with E-state index in [0.29, 0.717) is 19.1 Å². The van der Waals surface area contributed by atoms with Gasteiger partial charge in [-0.15, -0.1) is 0 Å². The van der Waals surface area contributed by atoms with E-state index in [1.807, 2.05) is 6.92 Å². The third-order valence-electron chi connectivity index (χ3n) is 2.19. The van der Waals surface area contributed by atoms with Crippen LogP contribution in [0.15, 0.2) is 0 Å². The summed E-state index contributed by atoms with van der Waals surface area (Å²) in [5.41, 5.74) is 0. The molecule has 0 heterocycles. The van der Waals surface area contributed by atoms with Crippen molar-refractivity contribution in [3.63, 3.8) is 0 Å². The Labute approximate surface area is 93.6 Å². The van der Waals surface area contributed by atoms with E-state index < -0.39 is 0 Å². The van der Waals surface area contributed by atoms with Crippen molar-refractivity contribution in [3.05, 3.63) is 0 Å². The molecule has 0 aromatic heterocycles. The second-order valence-electron chi connectivity index (χ2n) is 4.17. The maximum atomic E-state index is 11.3. The number of nitrogens with one attached hydrogen (secondary N) is 1. The van der Waals surface area contributed by atoms with Crippen LogP contribution in [-0.2, 0) is 9.53 Å². The fourth-order valence-corrected chi connectivity index (χ4v) is 1.59. The Bertz CT molecular complexity index is 169. The van der Waals surface area contributed by atoms with Gasteiger partial charge in [-0.25, -0.2) is 0 Å². The first-order valence-corrected chi connectivity index (χ1v) is 6.01. The topological polar surface area (TPSA) is 38.3 Å². The number of carbonyl (C=O) groups is 1. The predicted molar refractivity (Wildman–Crippen MR) is 62.8 cm³/mol. The molecule has 0 saturated carbocycles. The van der Waals surface area contributed by atoms with Gasteiger partial charge in [0.2, 0.25) is 0 Å². The number of unbranched alkanes of at least 4 members (excludes halogenated alkanes) is 1. The smallest absolute Gasteiger partial charge is 0.307 e. The highest BCUT2D eigenvalue weighted by Crippen LogP contribution is 2.06. The molecule has 15 heavy (non-hydrogen) atoms. The summed E-state index contributed by atoms with van der Waals surface area (Å²) in [5.74, 6) is -0.0910. The number of esters is 1. The molecule has 0 aromatic carbocycles. The lowest BCUT2D eigenvalue weighted by atomic mass is 10.1. The average Bonchev–Trinajstić information content (AvgIpc) is 2.13. The molecule has 0 radical (unpaired) electrons. The first-order valence-electron chi connectivity index (χ1n) is 6.01. The Morgan fingerprint density at radius 2 is 2.00 bits per heavy atom. The second-order valence-corrected chi connectivity index (χ2v) is 4.17. The average molecular weight is 215 g/mol. The summed E-state index contributed by atoms with van der Waals surface area (Å²) in [6.45, 7) is 8.68. The molecule has 0 aliphatic heterocycles. The van der Waals surface area contributed by atoms with Crippen molar-refractivity contribution in [1.82, 2.24) is 5.32 Å². The van der Waals surface area contributed by atoms with E-state index in [2.05, 4.69) is 26.1 Å². The van der Waals surface area contributed by atoms with Crippen molar-refractivity contribution in [3.8, 4) is 0 Å². The van der Waals surface area contributed by atoms with Crippen LogP contribution >= 0.6 is 0 Å². The van der Waals surface area contributed by atoms with Crippen LogP contribution in [0.5, 0.6) is 0 Å². The van der Waals surface area contributed by atoms with Crippen molar-refractivity contribution in [2.45, 2.75) is 65.5 Å². The van der Waals surface area contributed by atoms with Gasteiger partial charge in [0, 0.05) is 12.1 Å². The molecule has 0 fully saturated rings. The quantitative estimate of drug-likeness (QED) is 0.632. The predicted octanol–water partition coefficient (Wildman–Crippen LogP) is 2.50. The summed E-state index contributed by atoms with van der Waals surface area (Å²) in [7, 11) is 0. The van der Waals surface area contributed by atoms with Crippen LogP contribution in [0.4, 0.5) is 0 Å². The molecular weight excluding hydrogens is 190 g/mol. The number of hydrogen-bond acceptors (Lipinski definition) is 3. The number of ether oxygens (including phenoxy) is 1. The molecule has 1 atom stereocenters. The molecule has 3 heteroatoms. The fourth-order valence-electron chi connectivity index (χ4n) is 1.59. The molecule has 0 saturated heterocycles. The monoisotopic (exact) mass is 215 g/mol. The fraction of sp³-hybridized carbons (Fsp3) is 0.917. The number of rotatable bonds is 8. The minimum Gasteiger partial charge on any atom is -0.466 e. The second kappa shape index (κ2) is 8.72. The van der Waals surface area contributed by atoms with Crippen LogP contribution in [0.2, 0.25) is 0 Å². The zero-order chi connectivity index (χ0) is 11.7. The number of carbonyl (C=O) groups excluding carboxylic acids is 1. The molecule has 0 rings (SSSR count). The van der Waals surface area contributed by atoms with E-state index in [4.69, 9.17) is 4.74 Å². The number of hydrogen-bond donors (Lipinski definition) is 1. The largest absolute Gasteiger partial charge is 0.466 e. The van der Waals surface area contributed by atoms with Gasteiger partial charge in [-0.2, -0.15) is 0 Å². The van der Waals surface area contributed by atoms with Gasteiger partial charge >= 0.3 is 5.97 Å². The third-order valence-corrected chi connectivity index (χ3v) is 2.19. The van der Waals surface area contributed by atoms with E-state index in [0.717, 1.165) is 12.8 Å². The third kappa shape index (κ3) is 8.43. The molecule has 3 nitrogen and oxygen atoms in total. The van der Waals surface area contributed by atoms with Gasteiger partial charge in [0.25, 0.3) is 0 Å². The van der Waals surface area contributed by atoms with Gasteiger partial charge in [0.15, 0.2) is 0 Å². The summed E-state index contributed by atoms with van der Waals surface area (Å²) in [4.78, 5) is 11.3. The Hall–Kier alpha value is -0.570. The van der Waals surface area contributed by atoms with Crippen molar-refractivity contribution < 1.29 is 9.53 Å². The maximum absolute atomic E-state index is 11.3. The van der Waals surface area contributed by atoms with Gasteiger partial charge in [-0.1, -0.05) is 33.6 Å². The minimum atomic E-state index is -0.0910. The van der Waals surface area contributed by atoms with E-state index in [1.165, 1.54) is 6.42 Å². The highest BCUT2D eigenvalue weighted by atomic mass is 16.5. The first-order chi connectivity index (χ1) is 7.10. The Morgan fingerprint density at radius 3 is 2.47 bits per heavy atom. The summed E-state index contributed by atoms with van der Waals surface area (Å²) < 4.78 is 4.95. The van der Waals surface area contributed by atoms with Crippen molar-refractivity contribution in [2.24, 2.45) is 0 Å². The van der Waals surface area contributed by atoms with Crippen molar-refractivity contribution >= 4 is 5.97 Å².